The highest BCUT2D eigenvalue weighted by Gasteiger charge is 2.19. The summed E-state index contributed by atoms with van der Waals surface area (Å²) >= 11 is 0. The molecule has 0 atom stereocenters. The Morgan fingerprint density at radius 3 is 2.65 bits per heavy atom. The van der Waals surface area contributed by atoms with Crippen LogP contribution in [0.15, 0.2) is 23.1 Å². The van der Waals surface area contributed by atoms with Gasteiger partial charge in [0.1, 0.15) is 10.6 Å². The molecule has 0 aliphatic heterocycles. The summed E-state index contributed by atoms with van der Waals surface area (Å²) < 4.78 is 31.5. The number of benzene rings is 1. The van der Waals surface area contributed by atoms with Gasteiger partial charge in [-0.3, -0.25) is 0 Å². The van der Waals surface area contributed by atoms with Crippen molar-refractivity contribution in [3.8, 4) is 5.75 Å². The highest BCUT2D eigenvalue weighted by atomic mass is 32.2. The number of aryl methyl sites for hydroxylation is 1. The van der Waals surface area contributed by atoms with Crippen molar-refractivity contribution < 1.29 is 13.2 Å². The van der Waals surface area contributed by atoms with Crippen LogP contribution in [0.4, 0.5) is 0 Å². The molecule has 0 saturated heterocycles. The Morgan fingerprint density at radius 2 is 2.12 bits per heavy atom. The van der Waals surface area contributed by atoms with Gasteiger partial charge in [-0.15, -0.1) is 0 Å². The fourth-order valence-electron chi connectivity index (χ4n) is 1.42. The van der Waals surface area contributed by atoms with Crippen molar-refractivity contribution in [1.29, 1.82) is 0 Å². The lowest BCUT2D eigenvalue weighted by Gasteiger charge is -2.11. The average molecular weight is 258 g/mol. The number of hydrogen-bond donors (Lipinski definition) is 2. The third-order valence-corrected chi connectivity index (χ3v) is 3.84. The minimum absolute atomic E-state index is 0.160. The molecule has 0 aromatic heterocycles. The summed E-state index contributed by atoms with van der Waals surface area (Å²) in [6, 6.07) is 5.13. The topological polar surface area (TPSA) is 81.4 Å². The molecule has 17 heavy (non-hydrogen) atoms. The van der Waals surface area contributed by atoms with Crippen molar-refractivity contribution in [1.82, 2.24) is 4.72 Å². The van der Waals surface area contributed by atoms with Gasteiger partial charge >= 0.3 is 0 Å². The van der Waals surface area contributed by atoms with E-state index in [9.17, 15) is 8.42 Å². The quantitative estimate of drug-likeness (QED) is 0.778. The Balaban J connectivity index is 3.17. The van der Waals surface area contributed by atoms with Gasteiger partial charge < -0.3 is 10.5 Å². The summed E-state index contributed by atoms with van der Waals surface area (Å²) in [5.41, 5.74) is 6.23. The van der Waals surface area contributed by atoms with Crippen LogP contribution in [0.5, 0.6) is 5.75 Å². The average Bonchev–Trinajstić information content (AvgIpc) is 2.35. The van der Waals surface area contributed by atoms with Crippen LogP contribution in [0.3, 0.4) is 0 Å². The summed E-state index contributed by atoms with van der Waals surface area (Å²) in [7, 11) is -2.11. The molecule has 0 bridgehead atoms. The number of ether oxygens (including phenoxy) is 1. The molecule has 0 spiro atoms. The first-order chi connectivity index (χ1) is 8.05. The molecule has 0 aliphatic carbocycles. The Morgan fingerprint density at radius 1 is 1.41 bits per heavy atom. The number of hydrogen-bond acceptors (Lipinski definition) is 4. The van der Waals surface area contributed by atoms with E-state index < -0.39 is 10.0 Å². The second kappa shape index (κ2) is 6.00. The zero-order valence-electron chi connectivity index (χ0n) is 10.1. The van der Waals surface area contributed by atoms with Crippen molar-refractivity contribution >= 4 is 10.0 Å². The zero-order valence-corrected chi connectivity index (χ0v) is 10.9. The second-order valence-corrected chi connectivity index (χ2v) is 5.26. The smallest absolute Gasteiger partial charge is 0.244 e. The van der Waals surface area contributed by atoms with E-state index in [0.717, 1.165) is 12.0 Å². The van der Waals surface area contributed by atoms with Crippen LogP contribution in [-0.4, -0.2) is 28.6 Å². The van der Waals surface area contributed by atoms with Crippen molar-refractivity contribution in [3.05, 3.63) is 23.8 Å². The molecule has 1 aromatic rings. The van der Waals surface area contributed by atoms with Crippen LogP contribution >= 0.6 is 0 Å². The van der Waals surface area contributed by atoms with Crippen molar-refractivity contribution in [2.75, 3.05) is 20.2 Å². The van der Waals surface area contributed by atoms with Gasteiger partial charge in [0.05, 0.1) is 7.11 Å². The third kappa shape index (κ3) is 3.42. The molecular weight excluding hydrogens is 240 g/mol. The molecule has 6 heteroatoms. The summed E-state index contributed by atoms with van der Waals surface area (Å²) in [5.74, 6) is 0.340. The highest BCUT2D eigenvalue weighted by Crippen LogP contribution is 2.24. The van der Waals surface area contributed by atoms with Crippen molar-refractivity contribution in [2.24, 2.45) is 5.73 Å². The maximum Gasteiger partial charge on any atom is 0.244 e. The maximum absolute atomic E-state index is 12.0. The van der Waals surface area contributed by atoms with Crippen molar-refractivity contribution in [2.45, 2.75) is 18.2 Å². The first-order valence-electron chi connectivity index (χ1n) is 5.41. The molecule has 5 nitrogen and oxygen atoms in total. The summed E-state index contributed by atoms with van der Waals surface area (Å²) in [4.78, 5) is 0.160. The van der Waals surface area contributed by atoms with Crippen LogP contribution in [0.1, 0.15) is 12.5 Å². The van der Waals surface area contributed by atoms with Crippen LogP contribution in [0.2, 0.25) is 0 Å². The molecule has 0 unspecified atom stereocenters. The number of sulfonamides is 1. The van der Waals surface area contributed by atoms with Crippen molar-refractivity contribution in [3.63, 3.8) is 0 Å². The minimum Gasteiger partial charge on any atom is -0.495 e. The Hall–Kier alpha value is -1.11. The van der Waals surface area contributed by atoms with E-state index in [-0.39, 0.29) is 18.0 Å². The molecule has 96 valence electrons. The van der Waals surface area contributed by atoms with Gasteiger partial charge in [0.2, 0.25) is 10.0 Å². The largest absolute Gasteiger partial charge is 0.495 e. The Labute approximate surface area is 102 Å². The fraction of sp³-hybridized carbons (Fsp3) is 0.455. The summed E-state index contributed by atoms with van der Waals surface area (Å²) in [5, 5.41) is 0. The van der Waals surface area contributed by atoms with Gasteiger partial charge in [-0.25, -0.2) is 13.1 Å². The second-order valence-electron chi connectivity index (χ2n) is 3.53. The molecule has 1 aromatic carbocycles. The monoisotopic (exact) mass is 258 g/mol. The van der Waals surface area contributed by atoms with E-state index in [2.05, 4.69) is 4.72 Å². The SMILES string of the molecule is CCc1ccc(OC)c(S(=O)(=O)NCCN)c1. The zero-order chi connectivity index (χ0) is 12.9. The van der Waals surface area contributed by atoms with Gasteiger partial charge in [0.25, 0.3) is 0 Å². The predicted octanol–water partition coefficient (Wildman–Crippen LogP) is 0.495. The molecule has 0 heterocycles. The van der Waals surface area contributed by atoms with Gasteiger partial charge in [-0.05, 0) is 24.1 Å². The first kappa shape index (κ1) is 14.0. The van der Waals surface area contributed by atoms with Gasteiger partial charge in [0.15, 0.2) is 0 Å². The molecule has 1 rings (SSSR count). The molecular formula is C11H18N2O3S. The van der Waals surface area contributed by atoms with E-state index >= 15 is 0 Å². The van der Waals surface area contributed by atoms with Gasteiger partial charge in [0, 0.05) is 13.1 Å². The van der Waals surface area contributed by atoms with E-state index in [0.29, 0.717) is 5.75 Å². The predicted molar refractivity (Wildman–Crippen MR) is 66.6 cm³/mol. The van der Waals surface area contributed by atoms with Crippen LogP contribution < -0.4 is 15.2 Å². The molecule has 0 radical (unpaired) electrons. The normalized spacial score (nSPS) is 11.5. The van der Waals surface area contributed by atoms with E-state index in [1.165, 1.54) is 7.11 Å². The number of methoxy groups -OCH3 is 1. The lowest BCUT2D eigenvalue weighted by Crippen LogP contribution is -2.29. The molecule has 0 aliphatic rings. The highest BCUT2D eigenvalue weighted by molar-refractivity contribution is 7.89. The summed E-state index contributed by atoms with van der Waals surface area (Å²) in [6.45, 7) is 2.43. The van der Waals surface area contributed by atoms with E-state index in [4.69, 9.17) is 10.5 Å². The van der Waals surface area contributed by atoms with Gasteiger partial charge in [-0.1, -0.05) is 13.0 Å². The van der Waals surface area contributed by atoms with E-state index in [1.807, 2.05) is 13.0 Å². The van der Waals surface area contributed by atoms with E-state index in [1.54, 1.807) is 12.1 Å². The third-order valence-electron chi connectivity index (χ3n) is 2.36. The first-order valence-corrected chi connectivity index (χ1v) is 6.90. The fourth-order valence-corrected chi connectivity index (χ4v) is 2.69. The standard InChI is InChI=1S/C11H18N2O3S/c1-3-9-4-5-10(16-2)11(8-9)17(14,15)13-7-6-12/h4-5,8,13H,3,6-7,12H2,1-2H3. The molecule has 0 saturated carbocycles. The number of rotatable bonds is 6. The lowest BCUT2D eigenvalue weighted by atomic mass is 10.2. The minimum atomic E-state index is -3.55. The summed E-state index contributed by atoms with van der Waals surface area (Å²) in [6.07, 6.45) is 0.767. The Kier molecular flexibility index (Phi) is 4.92. The van der Waals surface area contributed by atoms with Crippen LogP contribution in [0.25, 0.3) is 0 Å². The number of nitrogens with one attached hydrogen (secondary N) is 1. The van der Waals surface area contributed by atoms with Crippen LogP contribution in [0, 0.1) is 0 Å². The molecule has 3 N–H and O–H groups in total. The maximum atomic E-state index is 12.0. The Bertz CT molecular complexity index is 472. The lowest BCUT2D eigenvalue weighted by molar-refractivity contribution is 0.402. The van der Waals surface area contributed by atoms with Gasteiger partial charge in [-0.2, -0.15) is 0 Å². The van der Waals surface area contributed by atoms with Crippen LogP contribution in [-0.2, 0) is 16.4 Å². The molecule has 0 amide bonds. The number of nitrogens with two attached hydrogens (primary N) is 1. The molecule has 0 fully saturated rings.